The van der Waals surface area contributed by atoms with Crippen LogP contribution >= 0.6 is 11.6 Å². The van der Waals surface area contributed by atoms with E-state index in [2.05, 4.69) is 0 Å². The second-order valence-electron chi connectivity index (χ2n) is 5.01. The molecule has 0 spiro atoms. The second kappa shape index (κ2) is 5.28. The summed E-state index contributed by atoms with van der Waals surface area (Å²) in [5.74, 6) is 1.64. The Labute approximate surface area is 108 Å². The number of nitrogens with two attached hydrogens (primary N) is 1. The zero-order chi connectivity index (χ0) is 12.4. The molecule has 2 N–H and O–H groups in total. The minimum Gasteiger partial charge on any atom is -0.494 e. The molecule has 0 aliphatic heterocycles. The molecule has 2 rings (SSSR count). The zero-order valence-corrected chi connectivity index (χ0v) is 11.3. The second-order valence-corrected chi connectivity index (χ2v) is 5.39. The molecule has 0 radical (unpaired) electrons. The fourth-order valence-electron chi connectivity index (χ4n) is 2.06. The largest absolute Gasteiger partial charge is 0.494 e. The highest BCUT2D eigenvalue weighted by Crippen LogP contribution is 2.33. The van der Waals surface area contributed by atoms with Crippen LogP contribution < -0.4 is 10.5 Å². The lowest BCUT2D eigenvalue weighted by Crippen LogP contribution is -2.24. The molecular weight excluding hydrogens is 234 g/mol. The number of aryl methyl sites for hydroxylation is 2. The van der Waals surface area contributed by atoms with E-state index in [4.69, 9.17) is 22.1 Å². The van der Waals surface area contributed by atoms with Crippen LogP contribution in [0.4, 0.5) is 0 Å². The van der Waals surface area contributed by atoms with Crippen LogP contribution in [0.1, 0.15) is 30.4 Å². The fraction of sp³-hybridized carbons (Fsp3) is 0.571. The number of ether oxygens (including phenoxy) is 1. The Bertz CT molecular complexity index is 378. The normalized spacial score (nSPS) is 16.9. The summed E-state index contributed by atoms with van der Waals surface area (Å²) < 4.78 is 5.73. The minimum atomic E-state index is 0.310. The van der Waals surface area contributed by atoms with Gasteiger partial charge in [0.25, 0.3) is 0 Å². The van der Waals surface area contributed by atoms with Gasteiger partial charge in [0.2, 0.25) is 0 Å². The molecule has 1 aromatic rings. The summed E-state index contributed by atoms with van der Waals surface area (Å²) in [6.45, 7) is 4.69. The van der Waals surface area contributed by atoms with Crippen LogP contribution in [0.25, 0.3) is 0 Å². The van der Waals surface area contributed by atoms with E-state index in [-0.39, 0.29) is 0 Å². The van der Waals surface area contributed by atoms with Gasteiger partial charge in [0, 0.05) is 11.1 Å². The predicted octanol–water partition coefficient (Wildman–Crippen LogP) is 3.46. The molecule has 1 aliphatic rings. The standard InChI is InChI=1S/C14H20ClNO/c1-9-7-12(8-10(2)14(9)15)17-6-5-13(16)11-3-4-11/h7-8,11,13H,3-6,16H2,1-2H3. The molecule has 94 valence electrons. The fourth-order valence-corrected chi connectivity index (χ4v) is 2.17. The molecule has 3 heteroatoms. The highest BCUT2D eigenvalue weighted by Gasteiger charge is 2.27. The number of benzene rings is 1. The van der Waals surface area contributed by atoms with Crippen LogP contribution in [0.15, 0.2) is 12.1 Å². The van der Waals surface area contributed by atoms with Crippen molar-refractivity contribution in [3.05, 3.63) is 28.3 Å². The third-order valence-electron chi connectivity index (χ3n) is 3.36. The minimum absolute atomic E-state index is 0.310. The first kappa shape index (κ1) is 12.7. The summed E-state index contributed by atoms with van der Waals surface area (Å²) in [5, 5.41) is 0.826. The molecule has 0 heterocycles. The maximum absolute atomic E-state index is 6.11. The molecule has 0 saturated heterocycles. The van der Waals surface area contributed by atoms with E-state index in [9.17, 15) is 0 Å². The van der Waals surface area contributed by atoms with Gasteiger partial charge in [-0.2, -0.15) is 0 Å². The van der Waals surface area contributed by atoms with E-state index in [1.807, 2.05) is 26.0 Å². The van der Waals surface area contributed by atoms with Gasteiger partial charge in [-0.25, -0.2) is 0 Å². The Kier molecular flexibility index (Phi) is 3.95. The summed E-state index contributed by atoms with van der Waals surface area (Å²) >= 11 is 6.11. The number of halogens is 1. The van der Waals surface area contributed by atoms with E-state index in [0.717, 1.165) is 34.2 Å². The lowest BCUT2D eigenvalue weighted by molar-refractivity contribution is 0.291. The van der Waals surface area contributed by atoms with Gasteiger partial charge < -0.3 is 10.5 Å². The van der Waals surface area contributed by atoms with Crippen molar-refractivity contribution in [3.8, 4) is 5.75 Å². The summed E-state index contributed by atoms with van der Waals surface area (Å²) in [6, 6.07) is 4.28. The molecule has 0 bridgehead atoms. The van der Waals surface area contributed by atoms with Crippen LogP contribution in [0.2, 0.25) is 5.02 Å². The molecule has 0 aromatic heterocycles. The third kappa shape index (κ3) is 3.36. The van der Waals surface area contributed by atoms with Crippen molar-refractivity contribution < 1.29 is 4.74 Å². The Morgan fingerprint density at radius 3 is 2.47 bits per heavy atom. The van der Waals surface area contributed by atoms with Crippen molar-refractivity contribution >= 4 is 11.6 Å². The SMILES string of the molecule is Cc1cc(OCCC(N)C2CC2)cc(C)c1Cl. The highest BCUT2D eigenvalue weighted by molar-refractivity contribution is 6.32. The summed E-state index contributed by atoms with van der Waals surface area (Å²) in [5.41, 5.74) is 8.15. The molecule has 1 fully saturated rings. The Balaban J connectivity index is 1.86. The first-order chi connectivity index (χ1) is 8.08. The van der Waals surface area contributed by atoms with Crippen molar-refractivity contribution in [2.24, 2.45) is 11.7 Å². The predicted molar refractivity (Wildman–Crippen MR) is 71.7 cm³/mol. The molecule has 17 heavy (non-hydrogen) atoms. The van der Waals surface area contributed by atoms with Crippen molar-refractivity contribution in [2.45, 2.75) is 39.2 Å². The maximum atomic E-state index is 6.11. The van der Waals surface area contributed by atoms with Crippen molar-refractivity contribution in [2.75, 3.05) is 6.61 Å². The molecule has 1 aliphatic carbocycles. The van der Waals surface area contributed by atoms with Crippen LogP contribution in [-0.2, 0) is 0 Å². The van der Waals surface area contributed by atoms with E-state index >= 15 is 0 Å². The van der Waals surface area contributed by atoms with Gasteiger partial charge in [-0.3, -0.25) is 0 Å². The van der Waals surface area contributed by atoms with Gasteiger partial charge >= 0.3 is 0 Å². The molecule has 1 saturated carbocycles. The van der Waals surface area contributed by atoms with Gasteiger partial charge in [-0.15, -0.1) is 0 Å². The lowest BCUT2D eigenvalue weighted by atomic mass is 10.1. The van der Waals surface area contributed by atoms with Gasteiger partial charge in [0.05, 0.1) is 6.61 Å². The average molecular weight is 254 g/mol. The van der Waals surface area contributed by atoms with Crippen molar-refractivity contribution in [1.82, 2.24) is 0 Å². The lowest BCUT2D eigenvalue weighted by Gasteiger charge is -2.13. The zero-order valence-electron chi connectivity index (χ0n) is 10.5. The van der Waals surface area contributed by atoms with Crippen LogP contribution in [0.5, 0.6) is 5.75 Å². The van der Waals surface area contributed by atoms with E-state index in [1.165, 1.54) is 12.8 Å². The van der Waals surface area contributed by atoms with Gasteiger partial charge in [-0.05, 0) is 62.3 Å². The quantitative estimate of drug-likeness (QED) is 0.872. The third-order valence-corrected chi connectivity index (χ3v) is 3.95. The molecular formula is C14H20ClNO. The van der Waals surface area contributed by atoms with Crippen LogP contribution in [-0.4, -0.2) is 12.6 Å². The highest BCUT2D eigenvalue weighted by atomic mass is 35.5. The monoisotopic (exact) mass is 253 g/mol. The van der Waals surface area contributed by atoms with Crippen molar-refractivity contribution in [1.29, 1.82) is 0 Å². The first-order valence-corrected chi connectivity index (χ1v) is 6.61. The Morgan fingerprint density at radius 1 is 1.35 bits per heavy atom. The van der Waals surface area contributed by atoms with Gasteiger partial charge in [0.1, 0.15) is 5.75 Å². The van der Waals surface area contributed by atoms with Gasteiger partial charge in [0.15, 0.2) is 0 Å². The molecule has 2 nitrogen and oxygen atoms in total. The van der Waals surface area contributed by atoms with E-state index < -0.39 is 0 Å². The van der Waals surface area contributed by atoms with Gasteiger partial charge in [-0.1, -0.05) is 11.6 Å². The molecule has 1 unspecified atom stereocenters. The maximum Gasteiger partial charge on any atom is 0.119 e. The first-order valence-electron chi connectivity index (χ1n) is 6.23. The number of hydrogen-bond donors (Lipinski definition) is 1. The molecule has 1 atom stereocenters. The Hall–Kier alpha value is -0.730. The van der Waals surface area contributed by atoms with Crippen molar-refractivity contribution in [3.63, 3.8) is 0 Å². The topological polar surface area (TPSA) is 35.2 Å². The van der Waals surface area contributed by atoms with Crippen LogP contribution in [0, 0.1) is 19.8 Å². The van der Waals surface area contributed by atoms with Crippen LogP contribution in [0.3, 0.4) is 0 Å². The smallest absolute Gasteiger partial charge is 0.119 e. The number of hydrogen-bond acceptors (Lipinski definition) is 2. The molecule has 0 amide bonds. The summed E-state index contributed by atoms with van der Waals surface area (Å²) in [4.78, 5) is 0. The Morgan fingerprint density at radius 2 is 1.94 bits per heavy atom. The number of rotatable bonds is 5. The summed E-state index contributed by atoms with van der Waals surface area (Å²) in [7, 11) is 0. The van der Waals surface area contributed by atoms with E-state index in [0.29, 0.717) is 12.6 Å². The summed E-state index contributed by atoms with van der Waals surface area (Å²) in [6.07, 6.45) is 3.52. The average Bonchev–Trinajstić information content (AvgIpc) is 3.09. The molecule has 1 aromatic carbocycles. The van der Waals surface area contributed by atoms with E-state index in [1.54, 1.807) is 0 Å².